The normalized spacial score (nSPS) is 10.8. The Bertz CT molecular complexity index is 1870. The van der Waals surface area contributed by atoms with E-state index in [1.54, 1.807) is 0 Å². The van der Waals surface area contributed by atoms with Crippen molar-refractivity contribution in [3.63, 3.8) is 0 Å². The highest BCUT2D eigenvalue weighted by atomic mass is 35.5. The summed E-state index contributed by atoms with van der Waals surface area (Å²) in [6.07, 6.45) is 1.70. The molecule has 0 aliphatic carbocycles. The summed E-state index contributed by atoms with van der Waals surface area (Å²) < 4.78 is 16.7. The predicted molar refractivity (Wildman–Crippen MR) is 209 cm³/mol. The minimum atomic E-state index is -0.968. The zero-order valence-electron chi connectivity index (χ0n) is 29.4. The summed E-state index contributed by atoms with van der Waals surface area (Å²) in [6.45, 7) is 9.75. The molecule has 0 atom stereocenters. The van der Waals surface area contributed by atoms with Gasteiger partial charge >= 0.3 is 11.9 Å². The Hall–Kier alpha value is -4.15. The van der Waals surface area contributed by atoms with Crippen LogP contribution >= 0.6 is 46.4 Å². The van der Waals surface area contributed by atoms with E-state index in [4.69, 9.17) is 60.6 Å². The average Bonchev–Trinajstić information content (AvgIpc) is 3.07. The maximum Gasteiger partial charge on any atom is 0.333 e. The zero-order chi connectivity index (χ0) is 37.8. The fourth-order valence-corrected chi connectivity index (χ4v) is 6.48. The number of ether oxygens (including phenoxy) is 3. The lowest BCUT2D eigenvalue weighted by atomic mass is 10.1. The summed E-state index contributed by atoms with van der Waals surface area (Å²) in [6, 6.07) is 17.9. The van der Waals surface area contributed by atoms with Gasteiger partial charge in [0.25, 0.3) is 5.91 Å². The third-order valence-electron chi connectivity index (χ3n) is 7.49. The first-order chi connectivity index (χ1) is 24.8. The number of nitrogens with one attached hydrogen (secondary N) is 3. The van der Waals surface area contributed by atoms with Crippen molar-refractivity contribution in [1.82, 2.24) is 5.32 Å². The van der Waals surface area contributed by atoms with E-state index < -0.39 is 24.4 Å². The molecular weight excluding hydrogens is 748 g/mol. The van der Waals surface area contributed by atoms with E-state index in [1.807, 2.05) is 44.2 Å². The van der Waals surface area contributed by atoms with Crippen molar-refractivity contribution in [3.05, 3.63) is 114 Å². The second-order valence-corrected chi connectivity index (χ2v) is 13.8. The summed E-state index contributed by atoms with van der Waals surface area (Å²) in [5, 5.41) is 9.76. The SMILES string of the molecule is CCCNc1cc(C)cc(COc2c(Cl)cc(CC(=O)OC(=O)CNC(=O)c3cc(Cl)c(OCc4cc(C)cc(NCCC)c4)c(Cl)c3)cc2Cl)c1. The van der Waals surface area contributed by atoms with Crippen LogP contribution in [0.3, 0.4) is 0 Å². The minimum Gasteiger partial charge on any atom is -0.486 e. The molecule has 4 aromatic carbocycles. The third-order valence-corrected chi connectivity index (χ3v) is 8.61. The van der Waals surface area contributed by atoms with Crippen molar-refractivity contribution in [2.75, 3.05) is 30.3 Å². The molecule has 0 fully saturated rings. The molecule has 0 bridgehead atoms. The monoisotopic (exact) mass is 787 g/mol. The molecule has 9 nitrogen and oxygen atoms in total. The average molecular weight is 790 g/mol. The first kappa shape index (κ1) is 40.6. The van der Waals surface area contributed by atoms with Gasteiger partial charge in [0.05, 0.1) is 26.5 Å². The van der Waals surface area contributed by atoms with E-state index >= 15 is 0 Å². The van der Waals surface area contributed by atoms with E-state index in [0.717, 1.165) is 59.6 Å². The largest absolute Gasteiger partial charge is 0.486 e. The van der Waals surface area contributed by atoms with Gasteiger partial charge in [0.1, 0.15) is 19.8 Å². The number of amides is 1. The summed E-state index contributed by atoms with van der Waals surface area (Å²) in [5.74, 6) is -2.00. The molecule has 0 saturated heterocycles. The van der Waals surface area contributed by atoms with E-state index in [9.17, 15) is 14.4 Å². The molecule has 0 unspecified atom stereocenters. The summed E-state index contributed by atoms with van der Waals surface area (Å²) >= 11 is 25.7. The number of carbonyl (C=O) groups excluding carboxylic acids is 3. The standard InChI is InChI=1S/C39H41Cl4N3O6/c1-5-7-44-29-11-23(3)9-26(13-29)21-50-37-31(40)15-25(16-32(37)41)17-35(47)52-36(48)20-46-39(49)28-18-33(42)38(34(43)19-28)51-22-27-10-24(4)12-30(14-27)45-8-6-2/h9-16,18-19,44-45H,5-8,17,20-22H2,1-4H3,(H,46,49). The van der Waals surface area contributed by atoms with E-state index in [1.165, 1.54) is 24.3 Å². The van der Waals surface area contributed by atoms with Crippen LogP contribution in [0.5, 0.6) is 11.5 Å². The first-order valence-electron chi connectivity index (χ1n) is 16.8. The van der Waals surface area contributed by atoms with Crippen molar-refractivity contribution < 1.29 is 28.6 Å². The molecule has 52 heavy (non-hydrogen) atoms. The second-order valence-electron chi connectivity index (χ2n) is 12.2. The summed E-state index contributed by atoms with van der Waals surface area (Å²) in [4.78, 5) is 37.7. The van der Waals surface area contributed by atoms with E-state index in [0.29, 0.717) is 5.56 Å². The molecule has 0 radical (unpaired) electrons. The Morgan fingerprint density at radius 3 is 1.52 bits per heavy atom. The fraction of sp³-hybridized carbons (Fsp3) is 0.308. The molecule has 3 N–H and O–H groups in total. The summed E-state index contributed by atoms with van der Waals surface area (Å²) in [5.41, 5.74) is 6.49. The summed E-state index contributed by atoms with van der Waals surface area (Å²) in [7, 11) is 0. The number of esters is 2. The molecule has 0 aliphatic heterocycles. The highest BCUT2D eigenvalue weighted by molar-refractivity contribution is 6.38. The lowest BCUT2D eigenvalue weighted by Gasteiger charge is -2.14. The predicted octanol–water partition coefficient (Wildman–Crippen LogP) is 9.76. The number of benzene rings is 4. The van der Waals surface area contributed by atoms with Crippen molar-refractivity contribution in [2.24, 2.45) is 0 Å². The first-order valence-corrected chi connectivity index (χ1v) is 18.3. The number of hydrogen-bond acceptors (Lipinski definition) is 8. The number of halogens is 4. The molecule has 1 amide bonds. The van der Waals surface area contributed by atoms with Crippen LogP contribution in [-0.4, -0.2) is 37.5 Å². The van der Waals surface area contributed by atoms with Crippen molar-refractivity contribution >= 4 is 75.6 Å². The molecule has 0 aliphatic rings. The molecular formula is C39H41Cl4N3O6. The Morgan fingerprint density at radius 2 is 1.06 bits per heavy atom. The maximum absolute atomic E-state index is 12.8. The zero-order valence-corrected chi connectivity index (χ0v) is 32.4. The van der Waals surface area contributed by atoms with Crippen molar-refractivity contribution in [2.45, 2.75) is 60.2 Å². The topological polar surface area (TPSA) is 115 Å². The van der Waals surface area contributed by atoms with Crippen LogP contribution in [0.4, 0.5) is 11.4 Å². The van der Waals surface area contributed by atoms with E-state index in [2.05, 4.69) is 35.9 Å². The molecule has 0 spiro atoms. The van der Waals surface area contributed by atoms with Crippen LogP contribution in [0.15, 0.2) is 60.7 Å². The molecule has 0 heterocycles. The molecule has 13 heteroatoms. The number of carbonyl (C=O) groups is 3. The lowest BCUT2D eigenvalue weighted by molar-refractivity contribution is -0.158. The smallest absolute Gasteiger partial charge is 0.333 e. The number of aryl methyl sites for hydroxylation is 2. The third kappa shape index (κ3) is 12.2. The van der Waals surface area contributed by atoms with Gasteiger partial charge in [-0.05, 0) is 103 Å². The highest BCUT2D eigenvalue weighted by Crippen LogP contribution is 2.36. The van der Waals surface area contributed by atoms with Crippen LogP contribution in [0.1, 0.15) is 64.9 Å². The van der Waals surface area contributed by atoms with Gasteiger partial charge < -0.3 is 30.2 Å². The second kappa shape index (κ2) is 19.6. The Labute approximate surface area is 324 Å². The highest BCUT2D eigenvalue weighted by Gasteiger charge is 2.19. The Kier molecular flexibility index (Phi) is 15.3. The van der Waals surface area contributed by atoms with Crippen molar-refractivity contribution in [3.8, 4) is 11.5 Å². The van der Waals surface area contributed by atoms with Gasteiger partial charge in [0.2, 0.25) is 0 Å². The Balaban J connectivity index is 1.27. The molecule has 0 aromatic heterocycles. The molecule has 4 rings (SSSR count). The van der Waals surface area contributed by atoms with E-state index in [-0.39, 0.29) is 56.8 Å². The van der Waals surface area contributed by atoms with Crippen LogP contribution < -0.4 is 25.4 Å². The number of rotatable bonds is 17. The number of hydrogen-bond donors (Lipinski definition) is 3. The van der Waals surface area contributed by atoms with Crippen LogP contribution in [0.25, 0.3) is 0 Å². The van der Waals surface area contributed by atoms with Gasteiger partial charge in [0.15, 0.2) is 11.5 Å². The van der Waals surface area contributed by atoms with Crippen LogP contribution in [0.2, 0.25) is 20.1 Å². The quantitative estimate of drug-likeness (QED) is 0.0716. The van der Waals surface area contributed by atoms with Gasteiger partial charge in [-0.2, -0.15) is 0 Å². The lowest BCUT2D eigenvalue weighted by Crippen LogP contribution is -2.32. The van der Waals surface area contributed by atoms with Gasteiger partial charge in [-0.3, -0.25) is 9.59 Å². The maximum atomic E-state index is 12.8. The van der Waals surface area contributed by atoms with Gasteiger partial charge in [0, 0.05) is 30.0 Å². The molecule has 4 aromatic rings. The van der Waals surface area contributed by atoms with Gasteiger partial charge in [-0.25, -0.2) is 4.79 Å². The number of anilines is 2. The minimum absolute atomic E-state index is 0.0886. The van der Waals surface area contributed by atoms with Crippen LogP contribution in [-0.2, 0) is 34.0 Å². The molecule has 276 valence electrons. The van der Waals surface area contributed by atoms with Gasteiger partial charge in [-0.1, -0.05) is 72.4 Å². The van der Waals surface area contributed by atoms with Gasteiger partial charge in [-0.15, -0.1) is 0 Å². The van der Waals surface area contributed by atoms with Crippen molar-refractivity contribution in [1.29, 1.82) is 0 Å². The Morgan fingerprint density at radius 1 is 0.596 bits per heavy atom. The fourth-order valence-electron chi connectivity index (χ4n) is 5.25. The molecule has 0 saturated carbocycles. The van der Waals surface area contributed by atoms with Crippen LogP contribution in [0, 0.1) is 13.8 Å².